The molecule has 0 spiro atoms. The van der Waals surface area contributed by atoms with Crippen molar-refractivity contribution in [2.75, 3.05) is 19.6 Å². The van der Waals surface area contributed by atoms with Crippen LogP contribution in [0.5, 0.6) is 0 Å². The molecule has 0 atom stereocenters. The minimum Gasteiger partial charge on any atom is -0.325 e. The van der Waals surface area contributed by atoms with Gasteiger partial charge in [0.05, 0.1) is 17.3 Å². The van der Waals surface area contributed by atoms with Crippen molar-refractivity contribution in [3.05, 3.63) is 72.7 Å². The van der Waals surface area contributed by atoms with Gasteiger partial charge in [0.1, 0.15) is 6.20 Å². The van der Waals surface area contributed by atoms with Gasteiger partial charge < -0.3 is 9.45 Å². The first-order valence-corrected chi connectivity index (χ1v) is 12.7. The predicted molar refractivity (Wildman–Crippen MR) is 136 cm³/mol. The van der Waals surface area contributed by atoms with Gasteiger partial charge in [-0.2, -0.15) is 0 Å². The molecule has 2 N–H and O–H groups in total. The maximum atomic E-state index is 9.34. The summed E-state index contributed by atoms with van der Waals surface area (Å²) in [4.78, 5) is 8.13. The molecule has 3 heterocycles. The van der Waals surface area contributed by atoms with Crippen molar-refractivity contribution in [2.24, 2.45) is 0 Å². The lowest BCUT2D eigenvalue weighted by Crippen LogP contribution is -2.31. The van der Waals surface area contributed by atoms with E-state index in [1.54, 1.807) is 0 Å². The maximum absolute atomic E-state index is 9.34. The van der Waals surface area contributed by atoms with Gasteiger partial charge in [0.25, 0.3) is 0 Å². The molecule has 5 rings (SSSR count). The average Bonchev–Trinajstić information content (AvgIpc) is 3.33. The number of hydrogen-bond donors (Lipinski definition) is 2. The van der Waals surface area contributed by atoms with Gasteiger partial charge in [0.15, 0.2) is 6.20 Å². The minimum absolute atomic E-state index is 0.758. The van der Waals surface area contributed by atoms with E-state index < -0.39 is 0 Å². The van der Waals surface area contributed by atoms with Crippen molar-refractivity contribution in [3.8, 4) is 22.3 Å². The molecule has 1 saturated heterocycles. The Hall–Kier alpha value is -2.67. The average molecular weight is 462 g/mol. The zero-order chi connectivity index (χ0) is 23.0. The first kappa shape index (κ1) is 23.5. The minimum atomic E-state index is 0.758. The van der Waals surface area contributed by atoms with Gasteiger partial charge in [0.2, 0.25) is 0 Å². The molecule has 0 saturated carbocycles. The molecule has 0 bridgehead atoms. The highest BCUT2D eigenvalue weighted by molar-refractivity contribution is 7.93. The number of rotatable bonds is 6. The zero-order valence-corrected chi connectivity index (χ0v) is 20.3. The predicted octanol–water partition coefficient (Wildman–Crippen LogP) is 6.10. The van der Waals surface area contributed by atoms with Crippen molar-refractivity contribution in [1.29, 1.82) is 0 Å². The largest absolute Gasteiger partial charge is 0.355 e. The molecular formula is C27H33N4OS+. The molecule has 0 aliphatic carbocycles. The summed E-state index contributed by atoms with van der Waals surface area (Å²) in [5, 5.41) is 3.28. The molecule has 6 heteroatoms. The fourth-order valence-corrected chi connectivity index (χ4v) is 4.66. The van der Waals surface area contributed by atoms with Gasteiger partial charge in [0, 0.05) is 23.5 Å². The van der Waals surface area contributed by atoms with Crippen LogP contribution in [0.15, 0.2) is 72.0 Å². The highest BCUT2D eigenvalue weighted by Gasteiger charge is 2.17. The number of likely N-dealkylation sites (tertiary alicyclic amines) is 1. The SMILES string of the molecule is CC.OSc1cccc(-c2c[nH][n+]3cc(-c4ccc(CCN5CCCCC5)cc4)cnc23)c1. The van der Waals surface area contributed by atoms with Crippen molar-refractivity contribution < 1.29 is 9.07 Å². The standard InChI is InChI=1S/C25H26N4OS.C2H6/c30-31-23-6-4-5-21(15-23)24-17-27-29-18-22(16-26-25(24)29)20-9-7-19(8-10-20)11-14-28-12-2-1-3-13-28;1-2/h4-10,15-18,30H,1-3,11-14H2;1-2H3/p+1. The van der Waals surface area contributed by atoms with Crippen LogP contribution in [0.4, 0.5) is 0 Å². The maximum Gasteiger partial charge on any atom is 0.355 e. The summed E-state index contributed by atoms with van der Waals surface area (Å²) in [5.74, 6) is 0. The second kappa shape index (κ2) is 11.5. The normalized spacial score (nSPS) is 14.2. The van der Waals surface area contributed by atoms with E-state index >= 15 is 0 Å². The summed E-state index contributed by atoms with van der Waals surface area (Å²) in [6, 6.07) is 16.7. The fraction of sp³-hybridized carbons (Fsp3) is 0.333. The van der Waals surface area contributed by atoms with Crippen LogP contribution in [-0.2, 0) is 6.42 Å². The lowest BCUT2D eigenvalue weighted by atomic mass is 10.0. The lowest BCUT2D eigenvalue weighted by Gasteiger charge is -2.26. The van der Waals surface area contributed by atoms with Crippen LogP contribution in [0.3, 0.4) is 0 Å². The molecule has 1 fully saturated rings. The molecule has 5 nitrogen and oxygen atoms in total. The molecule has 2 aromatic heterocycles. The molecule has 0 unspecified atom stereocenters. The summed E-state index contributed by atoms with van der Waals surface area (Å²) in [6.45, 7) is 7.66. The summed E-state index contributed by atoms with van der Waals surface area (Å²) in [7, 11) is 0. The Labute approximate surface area is 200 Å². The van der Waals surface area contributed by atoms with Gasteiger partial charge in [-0.15, -0.1) is 4.52 Å². The Balaban J connectivity index is 0.00000126. The topological polar surface area (TPSA) is 56.2 Å². The second-order valence-electron chi connectivity index (χ2n) is 8.19. The van der Waals surface area contributed by atoms with Gasteiger partial charge >= 0.3 is 5.65 Å². The third-order valence-electron chi connectivity index (χ3n) is 6.11. The molecular weight excluding hydrogens is 428 g/mol. The van der Waals surface area contributed by atoms with E-state index in [1.807, 2.05) is 55.0 Å². The molecule has 33 heavy (non-hydrogen) atoms. The Morgan fingerprint density at radius 2 is 1.79 bits per heavy atom. The summed E-state index contributed by atoms with van der Waals surface area (Å²) in [5.41, 5.74) is 6.53. The highest BCUT2D eigenvalue weighted by atomic mass is 32.2. The van der Waals surface area contributed by atoms with Crippen LogP contribution in [0.25, 0.3) is 27.9 Å². The van der Waals surface area contributed by atoms with E-state index in [1.165, 1.54) is 43.5 Å². The number of H-pyrrole nitrogens is 1. The first-order valence-electron chi connectivity index (χ1n) is 11.9. The number of fused-ring (bicyclic) bond motifs is 1. The number of benzene rings is 2. The van der Waals surface area contributed by atoms with Crippen LogP contribution in [0.1, 0.15) is 38.7 Å². The van der Waals surface area contributed by atoms with E-state index in [4.69, 9.17) is 4.98 Å². The van der Waals surface area contributed by atoms with E-state index in [0.717, 1.165) is 52.2 Å². The fourth-order valence-electron chi connectivity index (χ4n) is 4.34. The number of aromatic nitrogens is 3. The van der Waals surface area contributed by atoms with Crippen molar-refractivity contribution >= 4 is 17.7 Å². The van der Waals surface area contributed by atoms with Gasteiger partial charge in [-0.3, -0.25) is 0 Å². The van der Waals surface area contributed by atoms with Crippen LogP contribution in [0, 0.1) is 0 Å². The summed E-state index contributed by atoms with van der Waals surface area (Å²) in [6.07, 6.45) is 11.2. The molecule has 172 valence electrons. The smallest absolute Gasteiger partial charge is 0.325 e. The third kappa shape index (κ3) is 5.64. The van der Waals surface area contributed by atoms with E-state index in [-0.39, 0.29) is 0 Å². The Bertz CT molecular complexity index is 1170. The summed E-state index contributed by atoms with van der Waals surface area (Å²) >= 11 is 0.758. The van der Waals surface area contributed by atoms with Gasteiger partial charge in [-0.1, -0.05) is 56.7 Å². The number of aromatic amines is 1. The van der Waals surface area contributed by atoms with E-state index in [0.29, 0.717) is 0 Å². The van der Waals surface area contributed by atoms with Crippen molar-refractivity contribution in [2.45, 2.75) is 44.4 Å². The Morgan fingerprint density at radius 1 is 1.00 bits per heavy atom. The molecule has 0 radical (unpaired) electrons. The first-order chi connectivity index (χ1) is 16.3. The summed E-state index contributed by atoms with van der Waals surface area (Å²) < 4.78 is 11.3. The Kier molecular flexibility index (Phi) is 8.15. The molecule has 2 aromatic carbocycles. The van der Waals surface area contributed by atoms with E-state index in [9.17, 15) is 4.55 Å². The molecule has 1 aliphatic rings. The zero-order valence-electron chi connectivity index (χ0n) is 19.5. The van der Waals surface area contributed by atoms with Crippen LogP contribution in [-0.4, -0.2) is 39.2 Å². The van der Waals surface area contributed by atoms with Crippen LogP contribution in [0.2, 0.25) is 0 Å². The van der Waals surface area contributed by atoms with Gasteiger partial charge in [-0.05, 0) is 66.2 Å². The molecule has 1 aliphatic heterocycles. The number of piperidine rings is 1. The molecule has 0 amide bonds. The number of nitrogens with one attached hydrogen (secondary N) is 1. The molecule has 4 aromatic rings. The third-order valence-corrected chi connectivity index (χ3v) is 6.58. The quantitative estimate of drug-likeness (QED) is 0.269. The second-order valence-corrected chi connectivity index (χ2v) is 8.85. The number of nitrogens with zero attached hydrogens (tertiary/aromatic N) is 3. The number of hydrogen-bond acceptors (Lipinski definition) is 4. The van der Waals surface area contributed by atoms with Crippen LogP contribution >= 0.6 is 12.0 Å². The van der Waals surface area contributed by atoms with Crippen molar-refractivity contribution in [1.82, 2.24) is 15.0 Å². The van der Waals surface area contributed by atoms with E-state index in [2.05, 4.69) is 40.5 Å². The highest BCUT2D eigenvalue weighted by Crippen LogP contribution is 2.26. The lowest BCUT2D eigenvalue weighted by molar-refractivity contribution is -0.578. The van der Waals surface area contributed by atoms with Gasteiger partial charge in [-0.25, -0.2) is 5.10 Å². The van der Waals surface area contributed by atoms with Crippen molar-refractivity contribution in [3.63, 3.8) is 0 Å². The Morgan fingerprint density at radius 3 is 2.55 bits per heavy atom. The monoisotopic (exact) mass is 461 g/mol. The van der Waals surface area contributed by atoms with Crippen LogP contribution < -0.4 is 4.52 Å².